The van der Waals surface area contributed by atoms with Crippen LogP contribution < -0.4 is 11.1 Å². The number of halogens is 1. The topological polar surface area (TPSA) is 87.8 Å². The van der Waals surface area contributed by atoms with Crippen molar-refractivity contribution < 1.29 is 14.0 Å². The zero-order valence-corrected chi connectivity index (χ0v) is 16.9. The first-order valence-corrected chi connectivity index (χ1v) is 10.1. The molecule has 1 unspecified atom stereocenters. The minimum atomic E-state index is -0.822. The predicted octanol–water partition coefficient (Wildman–Crippen LogP) is 2.79. The van der Waals surface area contributed by atoms with E-state index in [0.29, 0.717) is 30.0 Å². The van der Waals surface area contributed by atoms with Crippen molar-refractivity contribution in [3.8, 4) is 0 Å². The second kappa shape index (κ2) is 9.19. The number of nitrogens with one attached hydrogen (secondary N) is 1. The van der Waals surface area contributed by atoms with Crippen LogP contribution in [-0.2, 0) is 14.5 Å². The Hall–Kier alpha value is -2.71. The van der Waals surface area contributed by atoms with Crippen molar-refractivity contribution in [2.75, 3.05) is 13.1 Å². The molecular formula is C21H23FN4O2S. The molecule has 2 amide bonds. The summed E-state index contributed by atoms with van der Waals surface area (Å²) in [6, 6.07) is 15.7. The van der Waals surface area contributed by atoms with Gasteiger partial charge >= 0.3 is 0 Å². The van der Waals surface area contributed by atoms with Gasteiger partial charge in [0.2, 0.25) is 5.91 Å². The number of hydrogen-bond donors (Lipinski definition) is 2. The molecule has 29 heavy (non-hydrogen) atoms. The summed E-state index contributed by atoms with van der Waals surface area (Å²) in [7, 11) is 0. The van der Waals surface area contributed by atoms with Gasteiger partial charge in [0, 0.05) is 12.5 Å². The molecule has 0 spiro atoms. The highest BCUT2D eigenvalue weighted by molar-refractivity contribution is 8.15. The third kappa shape index (κ3) is 4.65. The van der Waals surface area contributed by atoms with E-state index in [1.807, 2.05) is 30.3 Å². The van der Waals surface area contributed by atoms with Crippen LogP contribution in [-0.4, -0.2) is 35.0 Å². The number of carbonyl (C=O) groups excluding carboxylic acids is 2. The number of nitrogens with zero attached hydrogens (tertiary/aromatic N) is 2. The zero-order valence-electron chi connectivity index (χ0n) is 16.1. The first kappa shape index (κ1) is 21.0. The minimum absolute atomic E-state index is 0.174. The number of hydrazone groups is 1. The summed E-state index contributed by atoms with van der Waals surface area (Å²) in [4.78, 5) is 23.5. The average Bonchev–Trinajstić information content (AvgIpc) is 3.12. The third-order valence-corrected chi connectivity index (χ3v) is 6.00. The predicted molar refractivity (Wildman–Crippen MR) is 112 cm³/mol. The van der Waals surface area contributed by atoms with E-state index in [1.54, 1.807) is 12.1 Å². The molecular weight excluding hydrogens is 391 g/mol. The van der Waals surface area contributed by atoms with Gasteiger partial charge in [-0.25, -0.2) is 9.40 Å². The van der Waals surface area contributed by atoms with E-state index in [0.717, 1.165) is 5.56 Å². The first-order chi connectivity index (χ1) is 14.0. The van der Waals surface area contributed by atoms with E-state index in [-0.39, 0.29) is 24.2 Å². The summed E-state index contributed by atoms with van der Waals surface area (Å²) < 4.78 is 13.8. The Labute approximate surface area is 173 Å². The van der Waals surface area contributed by atoms with E-state index in [2.05, 4.69) is 10.4 Å². The lowest BCUT2D eigenvalue weighted by molar-refractivity contribution is -0.135. The molecule has 1 aliphatic heterocycles. The van der Waals surface area contributed by atoms with Crippen LogP contribution in [0.15, 0.2) is 59.7 Å². The van der Waals surface area contributed by atoms with Crippen molar-refractivity contribution in [2.24, 2.45) is 10.8 Å². The highest BCUT2D eigenvalue weighted by atomic mass is 32.2. The average molecular weight is 415 g/mol. The smallest absolute Gasteiger partial charge is 0.263 e. The Kier molecular flexibility index (Phi) is 6.66. The van der Waals surface area contributed by atoms with Crippen LogP contribution in [0.3, 0.4) is 0 Å². The number of rotatable bonds is 7. The van der Waals surface area contributed by atoms with E-state index >= 15 is 0 Å². The maximum absolute atomic E-state index is 13.8. The summed E-state index contributed by atoms with van der Waals surface area (Å²) in [5.41, 5.74) is 7.26. The normalized spacial score (nSPS) is 18.4. The monoisotopic (exact) mass is 414 g/mol. The minimum Gasteiger partial charge on any atom is -0.347 e. The van der Waals surface area contributed by atoms with Crippen LogP contribution in [0.1, 0.15) is 30.9 Å². The fraction of sp³-hybridized carbons (Fsp3) is 0.286. The largest absolute Gasteiger partial charge is 0.347 e. The van der Waals surface area contributed by atoms with Gasteiger partial charge in [-0.05, 0) is 37.1 Å². The van der Waals surface area contributed by atoms with Crippen molar-refractivity contribution in [2.45, 2.75) is 24.6 Å². The van der Waals surface area contributed by atoms with Crippen molar-refractivity contribution >= 4 is 28.6 Å². The molecule has 152 valence electrons. The van der Waals surface area contributed by atoms with Crippen LogP contribution in [0.4, 0.5) is 4.39 Å². The van der Waals surface area contributed by atoms with Gasteiger partial charge in [0.25, 0.3) is 5.91 Å². The Morgan fingerprint density at radius 3 is 2.62 bits per heavy atom. The van der Waals surface area contributed by atoms with E-state index in [1.165, 1.54) is 35.8 Å². The molecule has 2 aromatic rings. The van der Waals surface area contributed by atoms with E-state index in [9.17, 15) is 14.0 Å². The number of nitrogens with two attached hydrogens (primary N) is 1. The molecule has 0 saturated heterocycles. The third-order valence-electron chi connectivity index (χ3n) is 4.54. The lowest BCUT2D eigenvalue weighted by Gasteiger charge is -2.36. The van der Waals surface area contributed by atoms with Gasteiger partial charge in [-0.15, -0.1) is 0 Å². The highest BCUT2D eigenvalue weighted by Crippen LogP contribution is 2.50. The Morgan fingerprint density at radius 2 is 1.97 bits per heavy atom. The molecule has 6 nitrogen and oxygen atoms in total. The maximum Gasteiger partial charge on any atom is 0.263 e. The van der Waals surface area contributed by atoms with Crippen LogP contribution in [0.5, 0.6) is 0 Å². The van der Waals surface area contributed by atoms with E-state index in [4.69, 9.17) is 5.73 Å². The Balaban J connectivity index is 2.06. The van der Waals surface area contributed by atoms with Crippen LogP contribution in [0, 0.1) is 5.82 Å². The van der Waals surface area contributed by atoms with Crippen LogP contribution >= 0.6 is 11.8 Å². The van der Waals surface area contributed by atoms with E-state index < -0.39 is 4.87 Å². The number of thioether (sulfide) groups is 1. The summed E-state index contributed by atoms with van der Waals surface area (Å²) in [6.45, 7) is 1.64. The summed E-state index contributed by atoms with van der Waals surface area (Å²) in [5.74, 6) is -1.02. The maximum atomic E-state index is 13.8. The van der Waals surface area contributed by atoms with Crippen LogP contribution in [0.25, 0.3) is 0 Å². The molecule has 3 rings (SSSR count). The quantitative estimate of drug-likeness (QED) is 0.729. The molecule has 8 heteroatoms. The Bertz CT molecular complexity index is 922. The number of amides is 2. The van der Waals surface area contributed by atoms with Crippen molar-refractivity contribution in [3.63, 3.8) is 0 Å². The van der Waals surface area contributed by atoms with Gasteiger partial charge in [-0.2, -0.15) is 5.10 Å². The summed E-state index contributed by atoms with van der Waals surface area (Å²) >= 11 is 1.40. The van der Waals surface area contributed by atoms with Crippen molar-refractivity contribution in [1.82, 2.24) is 10.3 Å². The van der Waals surface area contributed by atoms with Gasteiger partial charge in [0.15, 0.2) is 0 Å². The lowest BCUT2D eigenvalue weighted by atomic mass is 10.00. The molecule has 3 N–H and O–H groups in total. The van der Waals surface area contributed by atoms with Gasteiger partial charge < -0.3 is 11.1 Å². The standard InChI is InChI=1S/C21H23FN4O2S/c1-15(27)24-14-19(28)26-21(11-6-12-23,17-8-3-2-4-9-17)29-20(25-26)16-7-5-10-18(22)13-16/h2-5,7-10,13H,6,11-12,14,23H2,1H3,(H,24,27). The zero-order chi connectivity index (χ0) is 20.9. The highest BCUT2D eigenvalue weighted by Gasteiger charge is 2.48. The van der Waals surface area contributed by atoms with Crippen molar-refractivity contribution in [3.05, 3.63) is 71.5 Å². The molecule has 0 fully saturated rings. The summed E-state index contributed by atoms with van der Waals surface area (Å²) in [6.07, 6.45) is 1.23. The molecule has 0 bridgehead atoms. The van der Waals surface area contributed by atoms with Gasteiger partial charge in [-0.1, -0.05) is 54.2 Å². The molecule has 0 aromatic heterocycles. The first-order valence-electron chi connectivity index (χ1n) is 9.33. The molecule has 1 atom stereocenters. The van der Waals surface area contributed by atoms with Gasteiger partial charge in [0.05, 0.1) is 6.54 Å². The molecule has 2 aromatic carbocycles. The molecule has 0 saturated carbocycles. The Morgan fingerprint density at radius 1 is 1.21 bits per heavy atom. The molecule has 0 aliphatic carbocycles. The fourth-order valence-corrected chi connectivity index (χ4v) is 4.60. The fourth-order valence-electron chi connectivity index (χ4n) is 3.19. The van der Waals surface area contributed by atoms with Gasteiger partial charge in [-0.3, -0.25) is 9.59 Å². The summed E-state index contributed by atoms with van der Waals surface area (Å²) in [5, 5.41) is 9.06. The van der Waals surface area contributed by atoms with Crippen LogP contribution in [0.2, 0.25) is 0 Å². The number of hydrogen-bond acceptors (Lipinski definition) is 5. The lowest BCUT2D eigenvalue weighted by Crippen LogP contribution is -2.46. The molecule has 0 radical (unpaired) electrons. The second-order valence-corrected chi connectivity index (χ2v) is 7.94. The van der Waals surface area contributed by atoms with Gasteiger partial charge in [0.1, 0.15) is 15.7 Å². The molecule has 1 aliphatic rings. The second-order valence-electron chi connectivity index (χ2n) is 6.68. The van der Waals surface area contributed by atoms with Crippen molar-refractivity contribution in [1.29, 1.82) is 0 Å². The molecule has 1 heterocycles. The SMILES string of the molecule is CC(=O)NCC(=O)N1N=C(c2cccc(F)c2)SC1(CCCN)c1ccccc1. The number of benzene rings is 2. The number of carbonyl (C=O) groups is 2.